The molecule has 5 heteroatoms. The van der Waals surface area contributed by atoms with Crippen molar-refractivity contribution >= 4 is 11.6 Å². The van der Waals surface area contributed by atoms with E-state index in [2.05, 4.69) is 5.32 Å². The summed E-state index contributed by atoms with van der Waals surface area (Å²) >= 11 is 0. The quantitative estimate of drug-likeness (QED) is 0.942. The molecule has 0 unspecified atom stereocenters. The minimum absolute atomic E-state index is 0.218. The van der Waals surface area contributed by atoms with Crippen LogP contribution in [0.1, 0.15) is 12.5 Å². The van der Waals surface area contributed by atoms with Crippen LogP contribution in [-0.4, -0.2) is 25.2 Å². The van der Waals surface area contributed by atoms with Crippen molar-refractivity contribution in [1.29, 1.82) is 0 Å². The van der Waals surface area contributed by atoms with Gasteiger partial charge in [-0.15, -0.1) is 0 Å². The van der Waals surface area contributed by atoms with Crippen molar-refractivity contribution in [2.45, 2.75) is 20.0 Å². The molecule has 1 aliphatic heterocycles. The third kappa shape index (κ3) is 3.56. The molecule has 0 fully saturated rings. The van der Waals surface area contributed by atoms with E-state index in [9.17, 15) is 4.79 Å². The molecule has 5 nitrogen and oxygen atoms in total. The fourth-order valence-corrected chi connectivity index (χ4v) is 2.30. The second-order valence-corrected chi connectivity index (χ2v) is 5.37. The van der Waals surface area contributed by atoms with Crippen LogP contribution in [-0.2, 0) is 4.79 Å². The number of benzene rings is 2. The third-order valence-corrected chi connectivity index (χ3v) is 3.58. The van der Waals surface area contributed by atoms with E-state index < -0.39 is 6.10 Å². The van der Waals surface area contributed by atoms with Gasteiger partial charge in [-0.1, -0.05) is 18.2 Å². The normalized spacial score (nSPS) is 14.0. The average Bonchev–Trinajstić information content (AvgIpc) is 2.56. The Balaban J connectivity index is 1.65. The van der Waals surface area contributed by atoms with Crippen LogP contribution in [0.25, 0.3) is 0 Å². The van der Waals surface area contributed by atoms with E-state index in [1.54, 1.807) is 25.1 Å². The van der Waals surface area contributed by atoms with E-state index in [1.807, 2.05) is 31.2 Å². The summed E-state index contributed by atoms with van der Waals surface area (Å²) in [4.78, 5) is 12.3. The zero-order valence-corrected chi connectivity index (χ0v) is 13.2. The molecule has 1 atom stereocenters. The van der Waals surface area contributed by atoms with Crippen LogP contribution in [0.15, 0.2) is 42.5 Å². The number of carbonyl (C=O) groups excluding carboxylic acids is 1. The van der Waals surface area contributed by atoms with Crippen molar-refractivity contribution in [3.63, 3.8) is 0 Å². The molecular formula is C18H19NO4. The highest BCUT2D eigenvalue weighted by Gasteiger charge is 2.17. The third-order valence-electron chi connectivity index (χ3n) is 3.58. The molecule has 0 saturated carbocycles. The number of rotatable bonds is 4. The Labute approximate surface area is 135 Å². The van der Waals surface area contributed by atoms with E-state index in [4.69, 9.17) is 14.2 Å². The Bertz CT molecular complexity index is 714. The smallest absolute Gasteiger partial charge is 0.265 e. The van der Waals surface area contributed by atoms with Gasteiger partial charge in [0, 0.05) is 11.8 Å². The van der Waals surface area contributed by atoms with Crippen molar-refractivity contribution in [3.05, 3.63) is 48.0 Å². The zero-order chi connectivity index (χ0) is 16.2. The molecule has 0 saturated heterocycles. The molecule has 0 spiro atoms. The SMILES string of the molecule is Cc1ccccc1O[C@@H](C)C(=O)Nc1ccc2c(c1)OCCO2. The maximum atomic E-state index is 12.3. The van der Waals surface area contributed by atoms with Crippen LogP contribution in [0.4, 0.5) is 5.69 Å². The Morgan fingerprint density at radius 3 is 2.65 bits per heavy atom. The molecule has 0 radical (unpaired) electrons. The Morgan fingerprint density at radius 2 is 1.87 bits per heavy atom. The van der Waals surface area contributed by atoms with Gasteiger partial charge in [-0.25, -0.2) is 0 Å². The predicted molar refractivity (Wildman–Crippen MR) is 87.3 cm³/mol. The molecule has 0 aliphatic carbocycles. The van der Waals surface area contributed by atoms with Crippen LogP contribution in [0.2, 0.25) is 0 Å². The van der Waals surface area contributed by atoms with Gasteiger partial charge in [0.05, 0.1) is 0 Å². The second kappa shape index (κ2) is 6.60. The Hall–Kier alpha value is -2.69. The summed E-state index contributed by atoms with van der Waals surface area (Å²) < 4.78 is 16.7. The van der Waals surface area contributed by atoms with Gasteiger partial charge in [-0.05, 0) is 37.6 Å². The monoisotopic (exact) mass is 313 g/mol. The molecule has 3 rings (SSSR count). The van der Waals surface area contributed by atoms with Crippen molar-refractivity contribution in [3.8, 4) is 17.2 Å². The summed E-state index contributed by atoms with van der Waals surface area (Å²) in [6.07, 6.45) is -0.607. The average molecular weight is 313 g/mol. The van der Waals surface area contributed by atoms with Gasteiger partial charge < -0.3 is 19.5 Å². The van der Waals surface area contributed by atoms with E-state index in [0.29, 0.717) is 36.1 Å². The van der Waals surface area contributed by atoms with E-state index >= 15 is 0 Å². The lowest BCUT2D eigenvalue weighted by Gasteiger charge is -2.20. The fourth-order valence-electron chi connectivity index (χ4n) is 2.30. The first-order valence-electron chi connectivity index (χ1n) is 7.56. The predicted octanol–water partition coefficient (Wildman–Crippen LogP) is 3.17. The number of ether oxygens (including phenoxy) is 3. The Kier molecular flexibility index (Phi) is 4.37. The topological polar surface area (TPSA) is 56.8 Å². The molecule has 23 heavy (non-hydrogen) atoms. The summed E-state index contributed by atoms with van der Waals surface area (Å²) in [5.41, 5.74) is 1.64. The van der Waals surface area contributed by atoms with Crippen LogP contribution in [0, 0.1) is 6.92 Å². The first-order valence-corrected chi connectivity index (χ1v) is 7.56. The Morgan fingerprint density at radius 1 is 1.13 bits per heavy atom. The summed E-state index contributed by atoms with van der Waals surface area (Å²) in [7, 11) is 0. The van der Waals surface area contributed by atoms with Gasteiger partial charge in [0.15, 0.2) is 17.6 Å². The number of para-hydroxylation sites is 1. The van der Waals surface area contributed by atoms with E-state index in [1.165, 1.54) is 0 Å². The van der Waals surface area contributed by atoms with Crippen LogP contribution in [0.5, 0.6) is 17.2 Å². The summed E-state index contributed by atoms with van der Waals surface area (Å²) in [6.45, 7) is 4.72. The number of hydrogen-bond donors (Lipinski definition) is 1. The molecule has 2 aromatic rings. The first-order chi connectivity index (χ1) is 11.1. The first kappa shape index (κ1) is 15.2. The number of fused-ring (bicyclic) bond motifs is 1. The largest absolute Gasteiger partial charge is 0.486 e. The summed E-state index contributed by atoms with van der Waals surface area (Å²) in [5.74, 6) is 1.82. The number of aryl methyl sites for hydroxylation is 1. The lowest BCUT2D eigenvalue weighted by molar-refractivity contribution is -0.122. The maximum Gasteiger partial charge on any atom is 0.265 e. The molecule has 0 bridgehead atoms. The minimum atomic E-state index is -0.607. The fraction of sp³-hybridized carbons (Fsp3) is 0.278. The van der Waals surface area contributed by atoms with Crippen LogP contribution < -0.4 is 19.5 Å². The molecule has 1 amide bonds. The molecule has 120 valence electrons. The van der Waals surface area contributed by atoms with Gasteiger partial charge in [0.1, 0.15) is 19.0 Å². The highest BCUT2D eigenvalue weighted by atomic mass is 16.6. The number of anilines is 1. The van der Waals surface area contributed by atoms with Crippen molar-refractivity contribution in [2.24, 2.45) is 0 Å². The van der Waals surface area contributed by atoms with Crippen molar-refractivity contribution in [2.75, 3.05) is 18.5 Å². The van der Waals surface area contributed by atoms with Crippen molar-refractivity contribution < 1.29 is 19.0 Å². The minimum Gasteiger partial charge on any atom is -0.486 e. The van der Waals surface area contributed by atoms with Gasteiger partial charge in [-0.3, -0.25) is 4.79 Å². The van der Waals surface area contributed by atoms with E-state index in [-0.39, 0.29) is 5.91 Å². The molecule has 1 N–H and O–H groups in total. The number of nitrogens with one attached hydrogen (secondary N) is 1. The molecular weight excluding hydrogens is 294 g/mol. The van der Waals surface area contributed by atoms with Crippen LogP contribution >= 0.6 is 0 Å². The molecule has 0 aromatic heterocycles. The maximum absolute atomic E-state index is 12.3. The van der Waals surface area contributed by atoms with Gasteiger partial charge in [0.2, 0.25) is 0 Å². The lowest BCUT2D eigenvalue weighted by atomic mass is 10.2. The van der Waals surface area contributed by atoms with Gasteiger partial charge >= 0.3 is 0 Å². The van der Waals surface area contributed by atoms with Crippen molar-refractivity contribution in [1.82, 2.24) is 0 Å². The lowest BCUT2D eigenvalue weighted by Crippen LogP contribution is -2.30. The van der Waals surface area contributed by atoms with Gasteiger partial charge in [0.25, 0.3) is 5.91 Å². The summed E-state index contributed by atoms with van der Waals surface area (Å²) in [5, 5.41) is 2.83. The number of amides is 1. The number of carbonyl (C=O) groups is 1. The van der Waals surface area contributed by atoms with Gasteiger partial charge in [-0.2, -0.15) is 0 Å². The molecule has 1 aliphatic rings. The molecule has 1 heterocycles. The second-order valence-electron chi connectivity index (χ2n) is 5.37. The molecule has 2 aromatic carbocycles. The van der Waals surface area contributed by atoms with Crippen LogP contribution in [0.3, 0.4) is 0 Å². The standard InChI is InChI=1S/C18H19NO4/c1-12-5-3-4-6-15(12)23-13(2)18(20)19-14-7-8-16-17(11-14)22-10-9-21-16/h3-8,11,13H,9-10H2,1-2H3,(H,19,20)/t13-/m0/s1. The summed E-state index contributed by atoms with van der Waals surface area (Å²) in [6, 6.07) is 12.9. The highest BCUT2D eigenvalue weighted by molar-refractivity contribution is 5.94. The van der Waals surface area contributed by atoms with E-state index in [0.717, 1.165) is 5.56 Å². The zero-order valence-electron chi connectivity index (χ0n) is 13.2. The highest BCUT2D eigenvalue weighted by Crippen LogP contribution is 2.32. The number of hydrogen-bond acceptors (Lipinski definition) is 4.